The van der Waals surface area contributed by atoms with Crippen LogP contribution in [0.2, 0.25) is 0 Å². The number of nitrogens with one attached hydrogen (secondary N) is 3. The van der Waals surface area contributed by atoms with Crippen LogP contribution in [-0.2, 0) is 39.5 Å². The van der Waals surface area contributed by atoms with E-state index in [-0.39, 0.29) is 32.4 Å². The molecule has 0 spiro atoms. The molecule has 2 aromatic rings. The number of nitrogens with zero attached hydrogens (tertiary/aromatic N) is 1. The van der Waals surface area contributed by atoms with Crippen molar-refractivity contribution in [3.63, 3.8) is 0 Å². The summed E-state index contributed by atoms with van der Waals surface area (Å²) < 4.78 is 44.5. The number of methoxy groups -OCH3 is 2. The lowest BCUT2D eigenvalue weighted by Gasteiger charge is -2.35. The van der Waals surface area contributed by atoms with Crippen molar-refractivity contribution in [1.82, 2.24) is 20.3 Å². The van der Waals surface area contributed by atoms with E-state index in [2.05, 4.69) is 15.4 Å². The fourth-order valence-electron chi connectivity index (χ4n) is 6.64. The monoisotopic (exact) mass is 696 g/mol. The van der Waals surface area contributed by atoms with E-state index in [1.807, 2.05) is 42.5 Å². The third-order valence-corrected chi connectivity index (χ3v) is 11.8. The lowest BCUT2D eigenvalue weighted by Crippen LogP contribution is -2.59. The first kappa shape index (κ1) is 34.7. The Morgan fingerprint density at radius 3 is 2.43 bits per heavy atom. The average Bonchev–Trinajstić information content (AvgIpc) is 3.99. The highest BCUT2D eigenvalue weighted by Gasteiger charge is 2.57. The van der Waals surface area contributed by atoms with Gasteiger partial charge in [-0.15, -0.1) is 0 Å². The van der Waals surface area contributed by atoms with Gasteiger partial charge in [-0.1, -0.05) is 45.1 Å². The fourth-order valence-corrected chi connectivity index (χ4v) is 8.02. The van der Waals surface area contributed by atoms with Crippen LogP contribution in [0.1, 0.15) is 70.4 Å². The molecule has 3 atom stereocenters. The van der Waals surface area contributed by atoms with Gasteiger partial charge in [-0.2, -0.15) is 0 Å². The molecule has 3 fully saturated rings. The summed E-state index contributed by atoms with van der Waals surface area (Å²) in [6.45, 7) is 5.43. The smallest absolute Gasteiger partial charge is 0.407 e. The lowest BCUT2D eigenvalue weighted by molar-refractivity contribution is -0.143. The summed E-state index contributed by atoms with van der Waals surface area (Å²) in [6.07, 6.45) is 4.93. The van der Waals surface area contributed by atoms with Crippen LogP contribution in [0.4, 0.5) is 4.79 Å². The summed E-state index contributed by atoms with van der Waals surface area (Å²) >= 11 is 0. The molecule has 4 aliphatic rings. The van der Waals surface area contributed by atoms with Crippen molar-refractivity contribution in [3.8, 4) is 5.75 Å². The van der Waals surface area contributed by atoms with Gasteiger partial charge in [-0.25, -0.2) is 13.2 Å². The molecule has 0 unspecified atom stereocenters. The third-order valence-electron chi connectivity index (χ3n) is 9.95. The van der Waals surface area contributed by atoms with E-state index in [0.717, 1.165) is 21.9 Å². The zero-order valence-electron chi connectivity index (χ0n) is 28.5. The molecule has 6 rings (SSSR count). The Morgan fingerprint density at radius 2 is 1.80 bits per heavy atom. The molecule has 2 aromatic carbocycles. The van der Waals surface area contributed by atoms with Crippen LogP contribution < -0.4 is 20.1 Å². The van der Waals surface area contributed by atoms with Gasteiger partial charge in [0.15, 0.2) is 0 Å². The highest BCUT2D eigenvalue weighted by molar-refractivity contribution is 7.91. The normalized spacial score (nSPS) is 26.1. The molecule has 49 heavy (non-hydrogen) atoms. The average molecular weight is 697 g/mol. The summed E-state index contributed by atoms with van der Waals surface area (Å²) in [7, 11) is -0.717. The molecule has 3 N–H and O–H groups in total. The van der Waals surface area contributed by atoms with Gasteiger partial charge in [0.2, 0.25) is 21.8 Å². The molecule has 14 heteroatoms. The molecule has 1 saturated heterocycles. The number of fused-ring (bicyclic) bond motifs is 5. The van der Waals surface area contributed by atoms with Crippen LogP contribution >= 0.6 is 0 Å². The predicted molar refractivity (Wildman–Crippen MR) is 181 cm³/mol. The number of rotatable bonds is 7. The second kappa shape index (κ2) is 12.6. The maximum atomic E-state index is 14.5. The van der Waals surface area contributed by atoms with Gasteiger partial charge in [0.25, 0.3) is 5.91 Å². The minimum Gasteiger partial charge on any atom is -0.496 e. The van der Waals surface area contributed by atoms with Gasteiger partial charge < -0.3 is 29.7 Å². The summed E-state index contributed by atoms with van der Waals surface area (Å²) in [6, 6.07) is 7.50. The Kier molecular flexibility index (Phi) is 8.93. The van der Waals surface area contributed by atoms with E-state index in [0.29, 0.717) is 25.0 Å². The van der Waals surface area contributed by atoms with Crippen molar-refractivity contribution < 1.29 is 41.8 Å². The van der Waals surface area contributed by atoms with Crippen molar-refractivity contribution >= 4 is 50.7 Å². The Balaban J connectivity index is 1.40. The topological polar surface area (TPSA) is 169 Å². The molecule has 5 bridgehead atoms. The quantitative estimate of drug-likeness (QED) is 0.394. The maximum Gasteiger partial charge on any atom is 0.407 e. The van der Waals surface area contributed by atoms with Gasteiger partial charge in [0, 0.05) is 19.1 Å². The standard InChI is InChI=1S/C35H44N4O9S/c1-33(2,3)28-30(41)39-20-35(47-5,19-26(39)29(40)37-34(13-14-34)31(42)38-49(44,45)25-11-12-25)24-10-9-21-18-27(46-4)22(16-23(21)17-24)8-6-7-15-48-32(43)36-28/h6,8-10,16-18,25-26,28H,7,11-15,19-20H2,1-5H3,(H,36,43)(H,37,40)(H,38,42)/b8-6-/t26-,28+,35-/m0/s1. The zero-order chi connectivity index (χ0) is 35.4. The van der Waals surface area contributed by atoms with E-state index in [1.54, 1.807) is 27.9 Å². The summed E-state index contributed by atoms with van der Waals surface area (Å²) in [5, 5.41) is 6.71. The van der Waals surface area contributed by atoms with Crippen LogP contribution in [0.15, 0.2) is 36.4 Å². The third kappa shape index (κ3) is 6.85. The Bertz CT molecular complexity index is 1830. The zero-order valence-corrected chi connectivity index (χ0v) is 29.3. The number of hydrogen-bond donors (Lipinski definition) is 3. The maximum absolute atomic E-state index is 14.5. The van der Waals surface area contributed by atoms with Crippen LogP contribution in [-0.4, -0.2) is 87.4 Å². The first-order valence-electron chi connectivity index (χ1n) is 16.6. The number of carbonyl (C=O) groups excluding carboxylic acids is 4. The van der Waals surface area contributed by atoms with Crippen LogP contribution in [0.3, 0.4) is 0 Å². The number of hydrogen-bond acceptors (Lipinski definition) is 9. The largest absolute Gasteiger partial charge is 0.496 e. The summed E-state index contributed by atoms with van der Waals surface area (Å²) in [5.74, 6) is -1.26. The second-order valence-electron chi connectivity index (χ2n) is 14.6. The molecule has 2 aliphatic heterocycles. The van der Waals surface area contributed by atoms with Gasteiger partial charge in [-0.05, 0) is 72.1 Å². The van der Waals surface area contributed by atoms with Crippen LogP contribution in [0.25, 0.3) is 16.8 Å². The molecule has 2 heterocycles. The van der Waals surface area contributed by atoms with Gasteiger partial charge >= 0.3 is 6.09 Å². The molecule has 2 aliphatic carbocycles. The number of alkyl carbamates (subject to hydrolysis) is 1. The number of carbonyl (C=O) groups is 4. The van der Waals surface area contributed by atoms with Crippen molar-refractivity contribution in [2.45, 2.75) is 87.8 Å². The molecule has 13 nitrogen and oxygen atoms in total. The first-order valence-corrected chi connectivity index (χ1v) is 18.1. The molecular weight excluding hydrogens is 652 g/mol. The summed E-state index contributed by atoms with van der Waals surface area (Å²) in [4.78, 5) is 56.3. The van der Waals surface area contributed by atoms with Gasteiger partial charge in [0.05, 0.1) is 25.5 Å². The second-order valence-corrected chi connectivity index (χ2v) is 16.5. The van der Waals surface area contributed by atoms with Gasteiger partial charge in [0.1, 0.15) is 29.0 Å². The van der Waals surface area contributed by atoms with E-state index in [4.69, 9.17) is 14.2 Å². The molecule has 264 valence electrons. The molecule has 4 amide bonds. The van der Waals surface area contributed by atoms with E-state index in [1.165, 1.54) is 12.0 Å². The van der Waals surface area contributed by atoms with Gasteiger partial charge in [-0.3, -0.25) is 19.1 Å². The van der Waals surface area contributed by atoms with Crippen molar-refractivity contribution in [1.29, 1.82) is 0 Å². The van der Waals surface area contributed by atoms with E-state index < -0.39 is 67.7 Å². The predicted octanol–water partition coefficient (Wildman–Crippen LogP) is 3.11. The van der Waals surface area contributed by atoms with E-state index >= 15 is 0 Å². The molecule has 0 radical (unpaired) electrons. The molecule has 2 saturated carbocycles. The SMILES string of the molecule is COc1cc2ccc3cc2cc1/C=C\CCOC(=O)N[C@@H](C(C)(C)C)C(=O)N1C[C@@]3(OC)C[C@H]1C(=O)NC1(C(=O)NS(=O)(=O)C2CC2)CC1. The van der Waals surface area contributed by atoms with Crippen LogP contribution in [0.5, 0.6) is 5.75 Å². The number of ether oxygens (including phenoxy) is 3. The Morgan fingerprint density at radius 1 is 1.06 bits per heavy atom. The Labute approximate surface area is 286 Å². The Hall–Kier alpha value is -4.17. The van der Waals surface area contributed by atoms with Crippen molar-refractivity contribution in [2.75, 3.05) is 27.4 Å². The highest BCUT2D eigenvalue weighted by Crippen LogP contribution is 2.43. The minimum absolute atomic E-state index is 0.0343. The number of sulfonamides is 1. The lowest BCUT2D eigenvalue weighted by atomic mass is 9.85. The molecular formula is C35H44N4O9S. The first-order chi connectivity index (χ1) is 23.1. The molecule has 0 aromatic heterocycles. The van der Waals surface area contributed by atoms with Crippen molar-refractivity contribution in [3.05, 3.63) is 47.5 Å². The number of amides is 4. The fraction of sp³-hybridized carbons (Fsp3) is 0.543. The minimum atomic E-state index is -3.83. The van der Waals surface area contributed by atoms with E-state index in [9.17, 15) is 27.6 Å². The number of benzene rings is 2. The number of cyclic esters (lactones) is 1. The highest BCUT2D eigenvalue weighted by atomic mass is 32.2. The summed E-state index contributed by atoms with van der Waals surface area (Å²) in [5.41, 5.74) is -1.79. The van der Waals surface area contributed by atoms with Crippen LogP contribution in [0, 0.1) is 5.41 Å². The van der Waals surface area contributed by atoms with Crippen molar-refractivity contribution in [2.24, 2.45) is 5.41 Å².